The van der Waals surface area contributed by atoms with Gasteiger partial charge in [-0.15, -0.1) is 0 Å². The zero-order chi connectivity index (χ0) is 8.23. The van der Waals surface area contributed by atoms with Crippen molar-refractivity contribution in [1.82, 2.24) is 0 Å². The molecule has 0 bridgehead atoms. The molecule has 0 saturated carbocycles. The standard InChI is InChI=1S/C11H9N/c1-2-5-11-7-9-12-8-3-6-10(11)4-1/h1-9H/b6-3?,8-3?,9-7?,10-6?,11-7-,12-8?,12-9?. The highest BCUT2D eigenvalue weighted by molar-refractivity contribution is 5.91. The summed E-state index contributed by atoms with van der Waals surface area (Å²) in [6.45, 7) is 0. The highest BCUT2D eigenvalue weighted by atomic mass is 14.6. The molecule has 0 radical (unpaired) electrons. The van der Waals surface area contributed by atoms with Crippen LogP contribution in [-0.2, 0) is 0 Å². The first kappa shape index (κ1) is 7.04. The van der Waals surface area contributed by atoms with Crippen LogP contribution in [0, 0.1) is 0 Å². The number of allylic oxidation sites excluding steroid dienone is 1. The minimum atomic E-state index is 1.21. The third kappa shape index (κ3) is 1.35. The van der Waals surface area contributed by atoms with Gasteiger partial charge in [-0.3, -0.25) is 4.99 Å². The quantitative estimate of drug-likeness (QED) is 0.526. The van der Waals surface area contributed by atoms with Gasteiger partial charge in [-0.2, -0.15) is 0 Å². The predicted molar refractivity (Wildman–Crippen MR) is 52.3 cm³/mol. The van der Waals surface area contributed by atoms with Crippen molar-refractivity contribution >= 4 is 18.4 Å². The molecule has 1 heteroatoms. The van der Waals surface area contributed by atoms with Crippen LogP contribution in [-0.4, -0.2) is 6.21 Å². The number of hydrogen-bond donors (Lipinski definition) is 0. The first-order chi connectivity index (χ1) is 5.97. The smallest absolute Gasteiger partial charge is 0.0273 e. The molecule has 1 aliphatic rings. The molecule has 58 valence electrons. The van der Waals surface area contributed by atoms with Gasteiger partial charge in [0.2, 0.25) is 0 Å². The van der Waals surface area contributed by atoms with E-state index in [1.807, 2.05) is 30.5 Å². The van der Waals surface area contributed by atoms with Crippen molar-refractivity contribution in [1.29, 1.82) is 0 Å². The second-order valence-electron chi connectivity index (χ2n) is 2.60. The molecule has 2 rings (SSSR count). The number of fused-ring (bicyclic) bond motifs is 1. The second-order valence-corrected chi connectivity index (χ2v) is 2.60. The van der Waals surface area contributed by atoms with Gasteiger partial charge in [0.05, 0.1) is 0 Å². The third-order valence-corrected chi connectivity index (χ3v) is 1.78. The Bertz CT molecular complexity index is 395. The van der Waals surface area contributed by atoms with Crippen molar-refractivity contribution < 1.29 is 0 Å². The molecule has 1 heterocycles. The normalized spacial score (nSPS) is 16.5. The van der Waals surface area contributed by atoms with E-state index in [0.29, 0.717) is 0 Å². The minimum absolute atomic E-state index is 1.21. The van der Waals surface area contributed by atoms with Crippen molar-refractivity contribution in [2.75, 3.05) is 0 Å². The van der Waals surface area contributed by atoms with E-state index in [2.05, 4.69) is 23.2 Å². The molecule has 0 aromatic heterocycles. The fourth-order valence-electron chi connectivity index (χ4n) is 1.18. The van der Waals surface area contributed by atoms with Crippen LogP contribution in [0.3, 0.4) is 0 Å². The fourth-order valence-corrected chi connectivity index (χ4v) is 1.18. The molecule has 12 heavy (non-hydrogen) atoms. The van der Waals surface area contributed by atoms with Crippen molar-refractivity contribution in [3.63, 3.8) is 0 Å². The molecule has 0 amide bonds. The summed E-state index contributed by atoms with van der Waals surface area (Å²) in [6.07, 6.45) is 9.61. The number of benzene rings is 1. The summed E-state index contributed by atoms with van der Waals surface area (Å²) in [5.74, 6) is 0. The molecule has 0 aliphatic carbocycles. The van der Waals surface area contributed by atoms with Gasteiger partial charge in [0.25, 0.3) is 0 Å². The molecule has 0 N–H and O–H groups in total. The SMILES string of the molecule is C1=CN=C/C=c2/ccccc2=C1. The Hall–Kier alpha value is -1.63. The van der Waals surface area contributed by atoms with Crippen LogP contribution in [0.1, 0.15) is 0 Å². The van der Waals surface area contributed by atoms with E-state index in [4.69, 9.17) is 0 Å². The van der Waals surface area contributed by atoms with Gasteiger partial charge >= 0.3 is 0 Å². The highest BCUT2D eigenvalue weighted by Gasteiger charge is 1.82. The van der Waals surface area contributed by atoms with E-state index in [0.717, 1.165) is 0 Å². The van der Waals surface area contributed by atoms with Gasteiger partial charge in [0, 0.05) is 12.4 Å². The van der Waals surface area contributed by atoms with Crippen molar-refractivity contribution in [3.05, 3.63) is 47.0 Å². The maximum atomic E-state index is 4.04. The average Bonchev–Trinajstić information content (AvgIpc) is 2.06. The third-order valence-electron chi connectivity index (χ3n) is 1.78. The Kier molecular flexibility index (Phi) is 1.87. The maximum absolute atomic E-state index is 4.04. The maximum Gasteiger partial charge on any atom is 0.0273 e. The molecular formula is C11H9N. The highest BCUT2D eigenvalue weighted by Crippen LogP contribution is 1.80. The van der Waals surface area contributed by atoms with Crippen molar-refractivity contribution in [2.45, 2.75) is 0 Å². The molecule has 1 nitrogen and oxygen atoms in total. The molecular weight excluding hydrogens is 146 g/mol. The van der Waals surface area contributed by atoms with E-state index in [9.17, 15) is 0 Å². The summed E-state index contributed by atoms with van der Waals surface area (Å²) in [7, 11) is 0. The molecule has 1 aromatic carbocycles. The predicted octanol–water partition coefficient (Wildman–Crippen LogP) is 0.846. The van der Waals surface area contributed by atoms with Crippen LogP contribution in [0.2, 0.25) is 0 Å². The van der Waals surface area contributed by atoms with E-state index < -0.39 is 0 Å². The van der Waals surface area contributed by atoms with Gasteiger partial charge in [-0.25, -0.2) is 0 Å². The van der Waals surface area contributed by atoms with Crippen molar-refractivity contribution in [3.8, 4) is 0 Å². The molecule has 1 aliphatic heterocycles. The van der Waals surface area contributed by atoms with E-state index >= 15 is 0 Å². The second kappa shape index (κ2) is 3.18. The molecule has 0 unspecified atom stereocenters. The van der Waals surface area contributed by atoms with Crippen LogP contribution < -0.4 is 10.4 Å². The van der Waals surface area contributed by atoms with Gasteiger partial charge in [0.15, 0.2) is 0 Å². The Labute approximate surface area is 71.1 Å². The summed E-state index contributed by atoms with van der Waals surface area (Å²) in [4.78, 5) is 4.04. The monoisotopic (exact) mass is 155 g/mol. The zero-order valence-electron chi connectivity index (χ0n) is 6.64. The molecule has 0 spiro atoms. The summed E-state index contributed by atoms with van der Waals surface area (Å²) >= 11 is 0. The lowest BCUT2D eigenvalue weighted by molar-refractivity contribution is 1.51. The van der Waals surface area contributed by atoms with Crippen LogP contribution in [0.4, 0.5) is 0 Å². The number of nitrogens with zero attached hydrogens (tertiary/aromatic N) is 1. The lowest BCUT2D eigenvalue weighted by Crippen LogP contribution is -2.23. The van der Waals surface area contributed by atoms with Gasteiger partial charge in [-0.05, 0) is 22.6 Å². The van der Waals surface area contributed by atoms with Crippen LogP contribution >= 0.6 is 0 Å². The number of aliphatic imine (C=N–C) groups is 1. The minimum Gasteiger partial charge on any atom is -0.265 e. The Morgan fingerprint density at radius 3 is 2.50 bits per heavy atom. The fraction of sp³-hybridized carbons (Fsp3) is 0. The Morgan fingerprint density at radius 2 is 1.67 bits per heavy atom. The Morgan fingerprint density at radius 1 is 0.917 bits per heavy atom. The lowest BCUT2D eigenvalue weighted by atomic mass is 10.2. The largest absolute Gasteiger partial charge is 0.265 e. The van der Waals surface area contributed by atoms with Gasteiger partial charge in [0.1, 0.15) is 0 Å². The summed E-state index contributed by atoms with van der Waals surface area (Å²) in [6, 6.07) is 8.24. The number of hydrogen-bond acceptors (Lipinski definition) is 1. The summed E-state index contributed by atoms with van der Waals surface area (Å²) in [5, 5.41) is 2.45. The number of rotatable bonds is 0. The van der Waals surface area contributed by atoms with Crippen LogP contribution in [0.5, 0.6) is 0 Å². The topological polar surface area (TPSA) is 12.4 Å². The van der Waals surface area contributed by atoms with Crippen LogP contribution in [0.25, 0.3) is 12.2 Å². The van der Waals surface area contributed by atoms with Gasteiger partial charge < -0.3 is 0 Å². The summed E-state index contributed by atoms with van der Waals surface area (Å²) in [5.41, 5.74) is 0. The molecule has 0 fully saturated rings. The molecule has 1 aromatic rings. The molecule has 0 atom stereocenters. The first-order valence-corrected chi connectivity index (χ1v) is 3.92. The van der Waals surface area contributed by atoms with E-state index in [1.165, 1.54) is 10.4 Å². The molecule has 0 saturated heterocycles. The average molecular weight is 155 g/mol. The zero-order valence-corrected chi connectivity index (χ0v) is 6.64. The Balaban J connectivity index is 2.80. The van der Waals surface area contributed by atoms with Gasteiger partial charge in [-0.1, -0.05) is 30.3 Å². The lowest BCUT2D eigenvalue weighted by Gasteiger charge is -1.89. The first-order valence-electron chi connectivity index (χ1n) is 3.92. The van der Waals surface area contributed by atoms with E-state index in [1.54, 1.807) is 6.20 Å². The summed E-state index contributed by atoms with van der Waals surface area (Å²) < 4.78 is 0. The van der Waals surface area contributed by atoms with Crippen molar-refractivity contribution in [2.24, 2.45) is 4.99 Å². The van der Waals surface area contributed by atoms with E-state index in [-0.39, 0.29) is 0 Å². The van der Waals surface area contributed by atoms with Crippen LogP contribution in [0.15, 0.2) is 41.5 Å².